The second kappa shape index (κ2) is 8.25. The van der Waals surface area contributed by atoms with Crippen LogP contribution in [-0.2, 0) is 0 Å². The van der Waals surface area contributed by atoms with Gasteiger partial charge in [-0.25, -0.2) is 4.98 Å². The van der Waals surface area contributed by atoms with Gasteiger partial charge in [-0.1, -0.05) is 24.4 Å². The van der Waals surface area contributed by atoms with Crippen LogP contribution in [0.4, 0.5) is 5.69 Å². The molecular weight excluding hydrogens is 386 g/mol. The van der Waals surface area contributed by atoms with Crippen LogP contribution in [0.2, 0.25) is 5.02 Å². The molecule has 4 rings (SSSR count). The molecule has 2 aromatic heterocycles. The first-order chi connectivity index (χ1) is 14.1. The molecule has 0 spiro atoms. The van der Waals surface area contributed by atoms with E-state index in [9.17, 15) is 4.79 Å². The van der Waals surface area contributed by atoms with Crippen molar-refractivity contribution >= 4 is 34.6 Å². The number of pyridine rings is 1. The fourth-order valence-electron chi connectivity index (χ4n) is 3.84. The van der Waals surface area contributed by atoms with Crippen LogP contribution in [0.1, 0.15) is 47.3 Å². The first-order valence-electron chi connectivity index (χ1n) is 9.91. The summed E-state index contributed by atoms with van der Waals surface area (Å²) in [5, 5.41) is 12.5. The van der Waals surface area contributed by atoms with Crippen LogP contribution in [0.3, 0.4) is 0 Å². The molecular formula is C22H24ClN5O. The third-order valence-corrected chi connectivity index (χ3v) is 5.65. The number of halogens is 1. The number of likely N-dealkylation sites (tertiary alicyclic amines) is 1. The third kappa shape index (κ3) is 3.85. The van der Waals surface area contributed by atoms with E-state index in [2.05, 4.69) is 10.3 Å². The number of imidazole rings is 1. The van der Waals surface area contributed by atoms with Gasteiger partial charge in [0.15, 0.2) is 0 Å². The normalized spacial score (nSPS) is 14.6. The lowest BCUT2D eigenvalue weighted by Gasteiger charge is -2.21. The van der Waals surface area contributed by atoms with Gasteiger partial charge in [-0.2, -0.15) is 0 Å². The highest BCUT2D eigenvalue weighted by molar-refractivity contribution is 6.30. The molecule has 2 N–H and O–H groups in total. The number of nitrogens with zero attached hydrogens (tertiary/aromatic N) is 3. The van der Waals surface area contributed by atoms with Crippen LogP contribution in [0.15, 0.2) is 42.7 Å². The molecule has 0 radical (unpaired) electrons. The monoisotopic (exact) mass is 409 g/mol. The topological polar surface area (TPSA) is 73.5 Å². The molecule has 1 saturated heterocycles. The Morgan fingerprint density at radius 2 is 1.90 bits per heavy atom. The quantitative estimate of drug-likeness (QED) is 0.624. The van der Waals surface area contributed by atoms with Gasteiger partial charge < -0.3 is 10.2 Å². The Labute approximate surface area is 175 Å². The van der Waals surface area contributed by atoms with Gasteiger partial charge >= 0.3 is 0 Å². The number of carbonyl (C=O) groups excluding carboxylic acids is 1. The summed E-state index contributed by atoms with van der Waals surface area (Å²) >= 11 is 6.12. The molecule has 1 amide bonds. The Hall–Kier alpha value is -2.86. The Kier molecular flexibility index (Phi) is 5.53. The van der Waals surface area contributed by atoms with E-state index in [0.29, 0.717) is 27.6 Å². The van der Waals surface area contributed by atoms with Crippen molar-refractivity contribution in [1.82, 2.24) is 14.3 Å². The highest BCUT2D eigenvalue weighted by atomic mass is 35.5. The lowest BCUT2D eigenvalue weighted by Crippen LogP contribution is -2.31. The van der Waals surface area contributed by atoms with Gasteiger partial charge in [-0.3, -0.25) is 14.6 Å². The first-order valence-corrected chi connectivity index (χ1v) is 10.3. The first kappa shape index (κ1) is 19.5. The van der Waals surface area contributed by atoms with Gasteiger partial charge in [0.25, 0.3) is 5.91 Å². The van der Waals surface area contributed by atoms with E-state index < -0.39 is 0 Å². The number of carbonyl (C=O) groups is 1. The average molecular weight is 410 g/mol. The second-order valence-electron chi connectivity index (χ2n) is 7.31. The summed E-state index contributed by atoms with van der Waals surface area (Å²) in [6, 6.07) is 9.09. The van der Waals surface area contributed by atoms with Crippen LogP contribution in [0, 0.1) is 5.41 Å². The Morgan fingerprint density at radius 1 is 1.14 bits per heavy atom. The fourth-order valence-corrected chi connectivity index (χ4v) is 4.00. The number of anilines is 1. The van der Waals surface area contributed by atoms with Crippen molar-refractivity contribution in [2.24, 2.45) is 0 Å². The summed E-state index contributed by atoms with van der Waals surface area (Å²) in [5.74, 6) is 0.0584. The highest BCUT2D eigenvalue weighted by Gasteiger charge is 2.20. The van der Waals surface area contributed by atoms with Crippen LogP contribution in [0.25, 0.3) is 5.65 Å². The summed E-state index contributed by atoms with van der Waals surface area (Å²) in [6.45, 7) is 1.63. The lowest BCUT2D eigenvalue weighted by molar-refractivity contribution is 0.0761. The van der Waals surface area contributed by atoms with Gasteiger partial charge in [-0.05, 0) is 43.2 Å². The highest BCUT2D eigenvalue weighted by Crippen LogP contribution is 2.24. The van der Waals surface area contributed by atoms with Gasteiger partial charge in [-0.15, -0.1) is 0 Å². The van der Waals surface area contributed by atoms with E-state index >= 15 is 0 Å². The van der Waals surface area contributed by atoms with E-state index in [1.54, 1.807) is 29.9 Å². The molecule has 3 heterocycles. The molecule has 1 fully saturated rings. The van der Waals surface area contributed by atoms with Gasteiger partial charge in [0.05, 0.1) is 22.6 Å². The number of benzene rings is 1. The molecule has 1 aliphatic heterocycles. The van der Waals surface area contributed by atoms with Gasteiger partial charge in [0, 0.05) is 43.1 Å². The SMILES string of the molecule is CNc1cc(C(=O)N2CCCCCC2)ccc1C(=N)c1cnc2ccc(Cl)cn12. The summed E-state index contributed by atoms with van der Waals surface area (Å²) in [4.78, 5) is 19.3. The smallest absolute Gasteiger partial charge is 0.253 e. The Bertz CT molecular complexity index is 1070. The van der Waals surface area contributed by atoms with E-state index in [1.165, 1.54) is 12.8 Å². The maximum Gasteiger partial charge on any atom is 0.253 e. The zero-order valence-corrected chi connectivity index (χ0v) is 17.2. The molecule has 0 aliphatic carbocycles. The lowest BCUT2D eigenvalue weighted by atomic mass is 10.0. The predicted octanol–water partition coefficient (Wildman–Crippen LogP) is 4.46. The maximum absolute atomic E-state index is 13.0. The largest absolute Gasteiger partial charge is 0.388 e. The molecule has 0 unspecified atom stereocenters. The maximum atomic E-state index is 13.0. The third-order valence-electron chi connectivity index (χ3n) is 5.42. The minimum absolute atomic E-state index is 0.0584. The van der Waals surface area contributed by atoms with E-state index in [4.69, 9.17) is 17.0 Å². The molecule has 0 saturated carbocycles. The molecule has 6 nitrogen and oxygen atoms in total. The Morgan fingerprint density at radius 3 is 2.62 bits per heavy atom. The molecule has 29 heavy (non-hydrogen) atoms. The summed E-state index contributed by atoms with van der Waals surface area (Å²) in [5.41, 5.74) is 3.79. The van der Waals surface area contributed by atoms with Crippen molar-refractivity contribution in [3.63, 3.8) is 0 Å². The standard InChI is InChI=1S/C22H24ClN5O/c1-25-18-12-15(22(29)27-10-4-2-3-5-11-27)6-8-17(18)21(24)19-13-26-20-9-7-16(23)14-28(19)20/h6-9,12-14,24-25H,2-5,10-11H2,1H3. The number of hydrogen-bond donors (Lipinski definition) is 2. The van der Waals surface area contributed by atoms with Crippen LogP contribution in [-0.4, -0.2) is 46.0 Å². The van der Waals surface area contributed by atoms with Crippen molar-refractivity contribution < 1.29 is 4.79 Å². The predicted molar refractivity (Wildman–Crippen MR) is 116 cm³/mol. The number of fused-ring (bicyclic) bond motifs is 1. The molecule has 0 bridgehead atoms. The van der Waals surface area contributed by atoms with E-state index in [1.807, 2.05) is 29.2 Å². The van der Waals surface area contributed by atoms with Crippen molar-refractivity contribution in [2.45, 2.75) is 25.7 Å². The van der Waals surface area contributed by atoms with E-state index in [-0.39, 0.29) is 5.91 Å². The molecule has 1 aliphatic rings. The molecule has 1 aromatic carbocycles. The van der Waals surface area contributed by atoms with E-state index in [0.717, 1.165) is 37.3 Å². The van der Waals surface area contributed by atoms with Crippen molar-refractivity contribution in [3.8, 4) is 0 Å². The van der Waals surface area contributed by atoms with Crippen LogP contribution >= 0.6 is 11.6 Å². The van der Waals surface area contributed by atoms with Crippen molar-refractivity contribution in [3.05, 3.63) is 64.6 Å². The molecule has 7 heteroatoms. The van der Waals surface area contributed by atoms with Crippen LogP contribution in [0.5, 0.6) is 0 Å². The Balaban J connectivity index is 1.66. The summed E-state index contributed by atoms with van der Waals surface area (Å²) < 4.78 is 1.81. The van der Waals surface area contributed by atoms with Crippen LogP contribution < -0.4 is 5.32 Å². The zero-order chi connectivity index (χ0) is 20.4. The zero-order valence-electron chi connectivity index (χ0n) is 16.4. The number of aromatic nitrogens is 2. The minimum atomic E-state index is 0.0584. The second-order valence-corrected chi connectivity index (χ2v) is 7.75. The molecule has 3 aromatic rings. The average Bonchev–Trinajstić information content (AvgIpc) is 2.96. The minimum Gasteiger partial charge on any atom is -0.388 e. The van der Waals surface area contributed by atoms with Gasteiger partial charge in [0.2, 0.25) is 0 Å². The summed E-state index contributed by atoms with van der Waals surface area (Å²) in [6.07, 6.45) is 7.91. The number of rotatable bonds is 4. The number of nitrogens with one attached hydrogen (secondary N) is 2. The molecule has 150 valence electrons. The fraction of sp³-hybridized carbons (Fsp3) is 0.318. The summed E-state index contributed by atoms with van der Waals surface area (Å²) in [7, 11) is 1.80. The van der Waals surface area contributed by atoms with Crippen molar-refractivity contribution in [2.75, 3.05) is 25.5 Å². The van der Waals surface area contributed by atoms with Crippen molar-refractivity contribution in [1.29, 1.82) is 5.41 Å². The number of hydrogen-bond acceptors (Lipinski definition) is 4. The molecule has 0 atom stereocenters. The van der Waals surface area contributed by atoms with Gasteiger partial charge in [0.1, 0.15) is 5.65 Å². The number of amides is 1.